The number of amides is 1. The number of ether oxygens (including phenoxy) is 1. The lowest BCUT2D eigenvalue weighted by molar-refractivity contribution is 0.0993. The summed E-state index contributed by atoms with van der Waals surface area (Å²) in [6.45, 7) is 2.59. The maximum Gasteiger partial charge on any atom is 0.260 e. The van der Waals surface area contributed by atoms with E-state index < -0.39 is 0 Å². The van der Waals surface area contributed by atoms with Crippen molar-refractivity contribution in [2.45, 2.75) is 13.1 Å². The molecule has 5 heteroatoms. The molecule has 5 nitrogen and oxygen atoms in total. The van der Waals surface area contributed by atoms with E-state index in [0.29, 0.717) is 12.2 Å². The molecule has 0 aliphatic carbocycles. The van der Waals surface area contributed by atoms with Crippen molar-refractivity contribution in [3.05, 3.63) is 84.2 Å². The molecular weight excluding hydrogens is 326 g/mol. The zero-order valence-electron chi connectivity index (χ0n) is 14.4. The Kier molecular flexibility index (Phi) is 4.27. The molecule has 4 rings (SSSR count). The standard InChI is InChI=1S/C21H19N3O2/c1-2-26-17-11-9-15(10-12-17)23-20-18-7-3-4-8-19(18)21(25)24(20)16-6-5-13-22-14-16/h3-14,20,23H,2H2,1H3/t20-/m0/s1. The third-order valence-corrected chi connectivity index (χ3v) is 4.36. The van der Waals surface area contributed by atoms with Gasteiger partial charge in [0.2, 0.25) is 0 Å². The van der Waals surface area contributed by atoms with Crippen LogP contribution in [0.1, 0.15) is 29.0 Å². The molecule has 2 heterocycles. The van der Waals surface area contributed by atoms with Crippen LogP contribution in [0.5, 0.6) is 5.75 Å². The van der Waals surface area contributed by atoms with Crippen molar-refractivity contribution in [3.8, 4) is 5.75 Å². The highest BCUT2D eigenvalue weighted by Crippen LogP contribution is 2.37. The number of carbonyl (C=O) groups excluding carboxylic acids is 1. The summed E-state index contributed by atoms with van der Waals surface area (Å²) >= 11 is 0. The second-order valence-corrected chi connectivity index (χ2v) is 5.98. The summed E-state index contributed by atoms with van der Waals surface area (Å²) in [6.07, 6.45) is 3.11. The monoisotopic (exact) mass is 345 g/mol. The zero-order valence-corrected chi connectivity index (χ0v) is 14.4. The summed E-state index contributed by atoms with van der Waals surface area (Å²) < 4.78 is 5.49. The van der Waals surface area contributed by atoms with Gasteiger partial charge in [0, 0.05) is 23.0 Å². The summed E-state index contributed by atoms with van der Waals surface area (Å²) in [7, 11) is 0. The minimum absolute atomic E-state index is 0.0305. The van der Waals surface area contributed by atoms with Gasteiger partial charge in [-0.15, -0.1) is 0 Å². The SMILES string of the molecule is CCOc1ccc(N[C@@H]2c3ccccc3C(=O)N2c2cccnc2)cc1. The predicted molar refractivity (Wildman–Crippen MR) is 101 cm³/mol. The van der Waals surface area contributed by atoms with Crippen molar-refractivity contribution in [2.24, 2.45) is 0 Å². The van der Waals surface area contributed by atoms with E-state index in [1.807, 2.05) is 67.6 Å². The van der Waals surface area contributed by atoms with Crippen LogP contribution in [-0.2, 0) is 0 Å². The van der Waals surface area contributed by atoms with Crippen LogP contribution >= 0.6 is 0 Å². The van der Waals surface area contributed by atoms with Gasteiger partial charge in [0.1, 0.15) is 11.9 Å². The molecule has 1 aliphatic rings. The Morgan fingerprint density at radius 2 is 1.88 bits per heavy atom. The molecule has 0 saturated heterocycles. The fraction of sp³-hybridized carbons (Fsp3) is 0.143. The van der Waals surface area contributed by atoms with Gasteiger partial charge in [-0.2, -0.15) is 0 Å². The number of hydrogen-bond acceptors (Lipinski definition) is 4. The van der Waals surface area contributed by atoms with Crippen LogP contribution in [0.4, 0.5) is 11.4 Å². The largest absolute Gasteiger partial charge is 0.494 e. The van der Waals surface area contributed by atoms with Crippen LogP contribution in [0.3, 0.4) is 0 Å². The van der Waals surface area contributed by atoms with E-state index in [-0.39, 0.29) is 12.1 Å². The van der Waals surface area contributed by atoms with Crippen LogP contribution in [0, 0.1) is 0 Å². The molecule has 0 spiro atoms. The summed E-state index contributed by atoms with van der Waals surface area (Å²) in [5.41, 5.74) is 3.34. The van der Waals surface area contributed by atoms with Crippen LogP contribution in [0.2, 0.25) is 0 Å². The Bertz CT molecular complexity index is 910. The van der Waals surface area contributed by atoms with Gasteiger partial charge in [-0.25, -0.2) is 0 Å². The summed E-state index contributed by atoms with van der Waals surface area (Å²) in [5.74, 6) is 0.794. The molecule has 2 aromatic carbocycles. The Morgan fingerprint density at radius 1 is 1.08 bits per heavy atom. The molecule has 3 aromatic rings. The first-order chi connectivity index (χ1) is 12.8. The maximum absolute atomic E-state index is 13.0. The van der Waals surface area contributed by atoms with E-state index in [9.17, 15) is 4.79 Å². The molecule has 26 heavy (non-hydrogen) atoms. The highest BCUT2D eigenvalue weighted by atomic mass is 16.5. The van der Waals surface area contributed by atoms with Gasteiger partial charge in [-0.05, 0) is 49.4 Å². The van der Waals surface area contributed by atoms with Gasteiger partial charge in [0.15, 0.2) is 0 Å². The minimum atomic E-state index is -0.291. The Morgan fingerprint density at radius 3 is 2.62 bits per heavy atom. The first-order valence-corrected chi connectivity index (χ1v) is 8.60. The molecule has 0 radical (unpaired) electrons. The number of pyridine rings is 1. The lowest BCUT2D eigenvalue weighted by atomic mass is 10.1. The first kappa shape index (κ1) is 16.1. The van der Waals surface area contributed by atoms with Crippen molar-refractivity contribution < 1.29 is 9.53 Å². The van der Waals surface area contributed by atoms with Gasteiger partial charge in [-0.1, -0.05) is 18.2 Å². The highest BCUT2D eigenvalue weighted by molar-refractivity contribution is 6.11. The van der Waals surface area contributed by atoms with E-state index in [2.05, 4.69) is 10.3 Å². The summed E-state index contributed by atoms with van der Waals surface area (Å²) in [6, 6.07) is 19.2. The van der Waals surface area contributed by atoms with Crippen LogP contribution in [0.15, 0.2) is 73.1 Å². The number of nitrogens with one attached hydrogen (secondary N) is 1. The molecule has 0 bridgehead atoms. The normalized spacial score (nSPS) is 15.7. The van der Waals surface area contributed by atoms with E-state index in [4.69, 9.17) is 4.74 Å². The number of benzene rings is 2. The number of fused-ring (bicyclic) bond motifs is 1. The Hall–Kier alpha value is -3.34. The second-order valence-electron chi connectivity index (χ2n) is 5.98. The number of aromatic nitrogens is 1. The van der Waals surface area contributed by atoms with Crippen molar-refractivity contribution in [3.63, 3.8) is 0 Å². The smallest absolute Gasteiger partial charge is 0.260 e. The van der Waals surface area contributed by atoms with Gasteiger partial charge in [0.05, 0.1) is 18.5 Å². The number of hydrogen-bond donors (Lipinski definition) is 1. The van der Waals surface area contributed by atoms with Crippen molar-refractivity contribution in [2.75, 3.05) is 16.8 Å². The number of carbonyl (C=O) groups is 1. The van der Waals surface area contributed by atoms with Gasteiger partial charge in [0.25, 0.3) is 5.91 Å². The topological polar surface area (TPSA) is 54.5 Å². The minimum Gasteiger partial charge on any atom is -0.494 e. The van der Waals surface area contributed by atoms with Crippen LogP contribution in [-0.4, -0.2) is 17.5 Å². The average molecular weight is 345 g/mol. The fourth-order valence-electron chi connectivity index (χ4n) is 3.19. The third-order valence-electron chi connectivity index (χ3n) is 4.36. The van der Waals surface area contributed by atoms with Crippen molar-refractivity contribution in [1.29, 1.82) is 0 Å². The van der Waals surface area contributed by atoms with Crippen molar-refractivity contribution in [1.82, 2.24) is 4.98 Å². The van der Waals surface area contributed by atoms with E-state index >= 15 is 0 Å². The van der Waals surface area contributed by atoms with E-state index in [0.717, 1.165) is 22.7 Å². The average Bonchev–Trinajstić information content (AvgIpc) is 2.96. The lowest BCUT2D eigenvalue weighted by Crippen LogP contribution is -2.32. The van der Waals surface area contributed by atoms with E-state index in [1.54, 1.807) is 17.3 Å². The maximum atomic E-state index is 13.0. The number of rotatable bonds is 5. The molecule has 0 unspecified atom stereocenters. The summed E-state index contributed by atoms with van der Waals surface area (Å²) in [5, 5.41) is 3.47. The highest BCUT2D eigenvalue weighted by Gasteiger charge is 2.37. The van der Waals surface area contributed by atoms with Crippen LogP contribution in [0.25, 0.3) is 0 Å². The zero-order chi connectivity index (χ0) is 17.9. The van der Waals surface area contributed by atoms with E-state index in [1.165, 1.54) is 0 Å². The Balaban J connectivity index is 1.69. The number of nitrogens with zero attached hydrogens (tertiary/aromatic N) is 2. The van der Waals surface area contributed by atoms with Crippen LogP contribution < -0.4 is 15.0 Å². The molecule has 1 aliphatic heterocycles. The molecule has 1 aromatic heterocycles. The fourth-order valence-corrected chi connectivity index (χ4v) is 3.19. The molecule has 0 fully saturated rings. The van der Waals surface area contributed by atoms with Crippen molar-refractivity contribution >= 4 is 17.3 Å². The Labute approximate surface area is 152 Å². The van der Waals surface area contributed by atoms with Gasteiger partial charge < -0.3 is 10.1 Å². The predicted octanol–water partition coefficient (Wildman–Crippen LogP) is 4.25. The quantitative estimate of drug-likeness (QED) is 0.751. The summed E-state index contributed by atoms with van der Waals surface area (Å²) in [4.78, 5) is 18.9. The molecule has 130 valence electrons. The molecule has 1 N–H and O–H groups in total. The van der Waals surface area contributed by atoms with Gasteiger partial charge >= 0.3 is 0 Å². The number of anilines is 2. The van der Waals surface area contributed by atoms with Gasteiger partial charge in [-0.3, -0.25) is 14.7 Å². The molecule has 0 saturated carbocycles. The molecule has 1 atom stereocenters. The lowest BCUT2D eigenvalue weighted by Gasteiger charge is -2.27. The molecular formula is C21H19N3O2. The third kappa shape index (κ3) is 2.88. The molecule has 1 amide bonds. The second kappa shape index (κ2) is 6.88. The first-order valence-electron chi connectivity index (χ1n) is 8.60.